The van der Waals surface area contributed by atoms with E-state index in [0.29, 0.717) is 0 Å². The van der Waals surface area contributed by atoms with Gasteiger partial charge in [0.2, 0.25) is 5.95 Å². The van der Waals surface area contributed by atoms with Crippen LogP contribution in [0.3, 0.4) is 0 Å². The Kier molecular flexibility index (Phi) is 4.25. The summed E-state index contributed by atoms with van der Waals surface area (Å²) in [6.07, 6.45) is -1.35. The highest BCUT2D eigenvalue weighted by molar-refractivity contribution is 5.75. The van der Waals surface area contributed by atoms with E-state index in [4.69, 9.17) is 15.2 Å². The molecule has 0 unspecified atom stereocenters. The van der Waals surface area contributed by atoms with Gasteiger partial charge in [0, 0.05) is 6.42 Å². The molecule has 1 saturated carbocycles. The fourth-order valence-electron chi connectivity index (χ4n) is 3.19. The number of rotatable bonds is 5. The van der Waals surface area contributed by atoms with Crippen LogP contribution >= 0.6 is 0 Å². The van der Waals surface area contributed by atoms with E-state index >= 15 is 0 Å². The van der Waals surface area contributed by atoms with Gasteiger partial charge in [0.1, 0.15) is 6.10 Å². The number of aliphatic hydroxyl groups excluding tert-OH is 2. The van der Waals surface area contributed by atoms with Crippen molar-refractivity contribution in [3.05, 3.63) is 20.8 Å². The highest BCUT2D eigenvalue weighted by Crippen LogP contribution is 2.31. The number of aromatic amines is 1. The minimum Gasteiger partial charge on any atom is -0.443 e. The highest BCUT2D eigenvalue weighted by Gasteiger charge is 2.38. The van der Waals surface area contributed by atoms with Crippen molar-refractivity contribution in [2.75, 3.05) is 12.3 Å². The van der Waals surface area contributed by atoms with Crippen LogP contribution in [0, 0.1) is 5.92 Å². The monoisotopic (exact) mass is 381 g/mol. The zero-order chi connectivity index (χ0) is 19.3. The van der Waals surface area contributed by atoms with Crippen LogP contribution in [-0.2, 0) is 21.0 Å². The van der Waals surface area contributed by atoms with E-state index in [2.05, 4.69) is 9.97 Å². The number of nitrogens with one attached hydrogen (secondary N) is 1. The van der Waals surface area contributed by atoms with E-state index in [9.17, 15) is 24.6 Å². The number of carbonyl (C=O) groups excluding carboxylic acids is 1. The zero-order valence-electron chi connectivity index (χ0n) is 14.2. The van der Waals surface area contributed by atoms with Gasteiger partial charge in [-0.15, -0.1) is 0 Å². The van der Waals surface area contributed by atoms with Crippen LogP contribution in [0.2, 0.25) is 0 Å². The molecule has 0 spiro atoms. The van der Waals surface area contributed by atoms with E-state index in [0.717, 1.165) is 22.0 Å². The molecule has 3 heterocycles. The number of anilines is 1. The normalized spacial score (nSPS) is 25.2. The molecule has 4 rings (SSSR count). The lowest BCUT2D eigenvalue weighted by Crippen LogP contribution is -2.33. The van der Waals surface area contributed by atoms with Gasteiger partial charge >= 0.3 is 11.7 Å². The van der Waals surface area contributed by atoms with Crippen molar-refractivity contribution in [3.8, 4) is 0 Å². The number of hydrogen-bond acceptors (Lipinski definition) is 9. The molecule has 2 aromatic rings. The Bertz CT molecular complexity index is 1000. The fraction of sp³-hybridized carbons (Fsp3) is 0.600. The molecular weight excluding hydrogens is 362 g/mol. The number of carbonyl (C=O) groups is 1. The van der Waals surface area contributed by atoms with Gasteiger partial charge in [0.15, 0.2) is 24.1 Å². The summed E-state index contributed by atoms with van der Waals surface area (Å²) in [4.78, 5) is 43.4. The summed E-state index contributed by atoms with van der Waals surface area (Å²) < 4.78 is 12.6. The Balaban J connectivity index is 1.81. The maximum Gasteiger partial charge on any atom is 0.335 e. The van der Waals surface area contributed by atoms with Gasteiger partial charge < -0.3 is 25.4 Å². The summed E-state index contributed by atoms with van der Waals surface area (Å²) in [5.74, 6) is -0.842. The molecule has 12 nitrogen and oxygen atoms in total. The maximum atomic E-state index is 12.9. The number of nitrogens with zero attached hydrogens (tertiary/aromatic N) is 3. The zero-order valence-corrected chi connectivity index (χ0v) is 14.2. The third kappa shape index (κ3) is 3.01. The van der Waals surface area contributed by atoms with E-state index in [1.807, 2.05) is 0 Å². The van der Waals surface area contributed by atoms with Crippen LogP contribution in [0.25, 0.3) is 11.2 Å². The van der Waals surface area contributed by atoms with Gasteiger partial charge in [-0.1, -0.05) is 0 Å². The molecule has 2 aromatic heterocycles. The molecule has 146 valence electrons. The lowest BCUT2D eigenvalue weighted by atomic mass is 10.2. The minimum atomic E-state index is -1.16. The first-order chi connectivity index (χ1) is 12.9. The second-order valence-electron chi connectivity index (χ2n) is 6.71. The number of hydrogen-bond donors (Lipinski definition) is 4. The Hall–Kier alpha value is -2.70. The summed E-state index contributed by atoms with van der Waals surface area (Å²) >= 11 is 0. The molecule has 12 heteroatoms. The molecule has 1 aliphatic carbocycles. The average molecular weight is 381 g/mol. The molecular formula is C15H19N5O7. The average Bonchev–Trinajstić information content (AvgIpc) is 3.35. The smallest absolute Gasteiger partial charge is 0.335 e. The van der Waals surface area contributed by atoms with Crippen LogP contribution in [0.15, 0.2) is 9.59 Å². The van der Waals surface area contributed by atoms with E-state index in [-0.39, 0.29) is 36.1 Å². The van der Waals surface area contributed by atoms with Crippen LogP contribution in [0.4, 0.5) is 5.95 Å². The summed E-state index contributed by atoms with van der Waals surface area (Å²) in [6, 6.07) is 0. The fourth-order valence-corrected chi connectivity index (χ4v) is 3.19. The molecule has 3 atom stereocenters. The van der Waals surface area contributed by atoms with Gasteiger partial charge in [-0.25, -0.2) is 9.36 Å². The SMILES string of the molecule is Nc1nc2c(c(=O)[nH]1)n(COC(=O)C1CC1)c(=O)n2[C@@H]1O[C@H](CO)C[C@H]1O. The summed E-state index contributed by atoms with van der Waals surface area (Å²) in [7, 11) is 0. The number of nitrogen functional groups attached to an aromatic ring is 1. The predicted octanol–water partition coefficient (Wildman–Crippen LogP) is -1.98. The first-order valence-electron chi connectivity index (χ1n) is 8.52. The van der Waals surface area contributed by atoms with Gasteiger partial charge in [0.25, 0.3) is 5.56 Å². The quantitative estimate of drug-likeness (QED) is 0.428. The molecule has 0 aromatic carbocycles. The Morgan fingerprint density at radius 3 is 2.78 bits per heavy atom. The number of aliphatic hydroxyl groups is 2. The van der Waals surface area contributed by atoms with Gasteiger partial charge in [0.05, 0.1) is 18.6 Å². The van der Waals surface area contributed by atoms with Crippen LogP contribution in [0.1, 0.15) is 25.5 Å². The van der Waals surface area contributed by atoms with Crippen molar-refractivity contribution in [2.45, 2.75) is 44.4 Å². The topological polar surface area (TPSA) is 175 Å². The Morgan fingerprint density at radius 2 is 2.15 bits per heavy atom. The molecule has 5 N–H and O–H groups in total. The van der Waals surface area contributed by atoms with Crippen molar-refractivity contribution in [2.24, 2.45) is 5.92 Å². The predicted molar refractivity (Wildman–Crippen MR) is 89.5 cm³/mol. The lowest BCUT2D eigenvalue weighted by molar-refractivity contribution is -0.149. The first kappa shape index (κ1) is 17.7. The number of esters is 1. The van der Waals surface area contributed by atoms with E-state index in [1.54, 1.807) is 0 Å². The lowest BCUT2D eigenvalue weighted by Gasteiger charge is -2.15. The Morgan fingerprint density at radius 1 is 1.41 bits per heavy atom. The van der Waals surface area contributed by atoms with E-state index in [1.165, 1.54) is 0 Å². The molecule has 0 radical (unpaired) electrons. The number of fused-ring (bicyclic) bond motifs is 1. The van der Waals surface area contributed by atoms with Crippen molar-refractivity contribution in [3.63, 3.8) is 0 Å². The minimum absolute atomic E-state index is 0.105. The van der Waals surface area contributed by atoms with E-state index < -0.39 is 42.4 Å². The third-order valence-electron chi connectivity index (χ3n) is 4.70. The van der Waals surface area contributed by atoms with Crippen molar-refractivity contribution < 1.29 is 24.5 Å². The number of imidazole rings is 1. The van der Waals surface area contributed by atoms with Crippen molar-refractivity contribution in [1.29, 1.82) is 0 Å². The standard InChI is InChI=1S/C15H19N5O7/c16-14-17-10-9(11(23)18-14)19(5-26-13(24)6-1-2-6)15(25)20(10)12-8(22)3-7(4-21)27-12/h6-8,12,21-22H,1-5H2,(H3,16,17,18,23)/t7-,8+,12+/m0/s1. The molecule has 0 amide bonds. The van der Waals surface area contributed by atoms with Crippen LogP contribution < -0.4 is 17.0 Å². The molecule has 27 heavy (non-hydrogen) atoms. The number of ether oxygens (including phenoxy) is 2. The molecule has 2 fully saturated rings. The molecule has 2 aliphatic rings. The Labute approximate surface area is 151 Å². The number of H-pyrrole nitrogens is 1. The largest absolute Gasteiger partial charge is 0.443 e. The number of nitrogens with two attached hydrogens (primary N) is 1. The van der Waals surface area contributed by atoms with Crippen molar-refractivity contribution in [1.82, 2.24) is 19.1 Å². The second-order valence-corrected chi connectivity index (χ2v) is 6.71. The maximum absolute atomic E-state index is 12.9. The molecule has 1 saturated heterocycles. The second kappa shape index (κ2) is 6.48. The van der Waals surface area contributed by atoms with Gasteiger partial charge in [-0.05, 0) is 12.8 Å². The highest BCUT2D eigenvalue weighted by atomic mass is 16.6. The van der Waals surface area contributed by atoms with Gasteiger partial charge in [-0.2, -0.15) is 4.98 Å². The van der Waals surface area contributed by atoms with Gasteiger partial charge in [-0.3, -0.25) is 19.1 Å². The summed E-state index contributed by atoms with van der Waals surface area (Å²) in [5, 5.41) is 19.5. The summed E-state index contributed by atoms with van der Waals surface area (Å²) in [6.45, 7) is -0.811. The first-order valence-corrected chi connectivity index (χ1v) is 8.52. The third-order valence-corrected chi connectivity index (χ3v) is 4.70. The van der Waals surface area contributed by atoms with Crippen LogP contribution in [-0.4, -0.2) is 54.1 Å². The molecule has 0 bridgehead atoms. The number of aromatic nitrogens is 4. The van der Waals surface area contributed by atoms with Crippen LogP contribution in [0.5, 0.6) is 0 Å². The molecule has 1 aliphatic heterocycles. The summed E-state index contributed by atoms with van der Waals surface area (Å²) in [5.41, 5.74) is 3.89. The van der Waals surface area contributed by atoms with Crippen molar-refractivity contribution >= 4 is 23.1 Å².